The molecule has 2 nitrogen and oxygen atoms in total. The first kappa shape index (κ1) is 12.8. The maximum absolute atomic E-state index is 11.5. The van der Waals surface area contributed by atoms with Crippen LogP contribution >= 0.6 is 24.4 Å². The molecule has 92 valence electrons. The van der Waals surface area contributed by atoms with Crippen LogP contribution in [0.1, 0.15) is 17.5 Å². The maximum atomic E-state index is 11.5. The highest BCUT2D eigenvalue weighted by atomic mass is 32.2. The molecule has 0 fully saturated rings. The standard InChI is InChI=1S/C13H17NOS2/c1-14(13(15)9-16)8-10-4-5-12-11(7-10)3-2-6-17-12/h4-5,7,16H,2-3,6,8-9H2,1H3. The Labute approximate surface area is 112 Å². The van der Waals surface area contributed by atoms with Crippen LogP contribution in [0.5, 0.6) is 0 Å². The maximum Gasteiger partial charge on any atom is 0.232 e. The number of rotatable bonds is 3. The third kappa shape index (κ3) is 3.19. The van der Waals surface area contributed by atoms with Crippen LogP contribution in [0.2, 0.25) is 0 Å². The first-order valence-corrected chi connectivity index (χ1v) is 7.42. The molecule has 17 heavy (non-hydrogen) atoms. The van der Waals surface area contributed by atoms with Gasteiger partial charge in [-0.05, 0) is 35.8 Å². The Balaban J connectivity index is 2.09. The van der Waals surface area contributed by atoms with E-state index in [0.29, 0.717) is 6.54 Å². The number of thiol groups is 1. The predicted molar refractivity (Wildman–Crippen MR) is 75.8 cm³/mol. The number of benzene rings is 1. The Morgan fingerprint density at radius 3 is 3.12 bits per heavy atom. The summed E-state index contributed by atoms with van der Waals surface area (Å²) in [5, 5.41) is 0. The molecule has 1 aliphatic rings. The minimum absolute atomic E-state index is 0.0698. The van der Waals surface area contributed by atoms with Gasteiger partial charge in [0.05, 0.1) is 5.75 Å². The van der Waals surface area contributed by atoms with Gasteiger partial charge in [0, 0.05) is 18.5 Å². The van der Waals surface area contributed by atoms with Crippen molar-refractivity contribution in [3.8, 4) is 0 Å². The van der Waals surface area contributed by atoms with Gasteiger partial charge in [0.2, 0.25) is 5.91 Å². The smallest absolute Gasteiger partial charge is 0.232 e. The molecule has 0 aromatic heterocycles. The van der Waals surface area contributed by atoms with Gasteiger partial charge >= 0.3 is 0 Å². The summed E-state index contributed by atoms with van der Waals surface area (Å²) in [5.74, 6) is 1.57. The molecule has 0 spiro atoms. The van der Waals surface area contributed by atoms with Crippen LogP contribution in [-0.2, 0) is 17.8 Å². The highest BCUT2D eigenvalue weighted by molar-refractivity contribution is 7.99. The molecule has 1 amide bonds. The molecule has 1 aliphatic heterocycles. The van der Waals surface area contributed by atoms with Gasteiger partial charge < -0.3 is 4.90 Å². The van der Waals surface area contributed by atoms with Crippen LogP contribution in [0.15, 0.2) is 23.1 Å². The van der Waals surface area contributed by atoms with E-state index in [9.17, 15) is 4.79 Å². The van der Waals surface area contributed by atoms with E-state index in [0.717, 1.165) is 0 Å². The van der Waals surface area contributed by atoms with Crippen LogP contribution in [-0.4, -0.2) is 29.4 Å². The lowest BCUT2D eigenvalue weighted by atomic mass is 10.1. The molecule has 0 aliphatic carbocycles. The highest BCUT2D eigenvalue weighted by Crippen LogP contribution is 2.30. The van der Waals surface area contributed by atoms with Crippen molar-refractivity contribution in [1.29, 1.82) is 0 Å². The number of hydrogen-bond donors (Lipinski definition) is 1. The normalized spacial score (nSPS) is 14.2. The van der Waals surface area contributed by atoms with E-state index < -0.39 is 0 Å². The lowest BCUT2D eigenvalue weighted by Crippen LogP contribution is -2.27. The third-order valence-electron chi connectivity index (χ3n) is 2.95. The lowest BCUT2D eigenvalue weighted by molar-refractivity contribution is -0.127. The van der Waals surface area contributed by atoms with E-state index in [-0.39, 0.29) is 11.7 Å². The van der Waals surface area contributed by atoms with Crippen LogP contribution in [0, 0.1) is 0 Å². The molecule has 0 N–H and O–H groups in total. The van der Waals surface area contributed by atoms with Crippen molar-refractivity contribution >= 4 is 30.3 Å². The van der Waals surface area contributed by atoms with E-state index in [2.05, 4.69) is 30.8 Å². The van der Waals surface area contributed by atoms with Crippen LogP contribution in [0.4, 0.5) is 0 Å². The minimum atomic E-state index is 0.0698. The topological polar surface area (TPSA) is 20.3 Å². The first-order valence-electron chi connectivity index (χ1n) is 5.80. The van der Waals surface area contributed by atoms with E-state index in [1.165, 1.54) is 34.6 Å². The highest BCUT2D eigenvalue weighted by Gasteiger charge is 2.12. The van der Waals surface area contributed by atoms with E-state index in [1.54, 1.807) is 4.90 Å². The Bertz CT molecular complexity index is 420. The van der Waals surface area contributed by atoms with Crippen LogP contribution in [0.25, 0.3) is 0 Å². The average molecular weight is 267 g/mol. The van der Waals surface area contributed by atoms with Crippen molar-refractivity contribution in [2.24, 2.45) is 0 Å². The van der Waals surface area contributed by atoms with Crippen LogP contribution < -0.4 is 0 Å². The fourth-order valence-corrected chi connectivity index (χ4v) is 3.26. The Morgan fingerprint density at radius 1 is 1.53 bits per heavy atom. The van der Waals surface area contributed by atoms with E-state index in [1.807, 2.05) is 18.8 Å². The van der Waals surface area contributed by atoms with Crippen molar-refractivity contribution in [2.75, 3.05) is 18.6 Å². The van der Waals surface area contributed by atoms with Gasteiger partial charge in [0.15, 0.2) is 0 Å². The number of carbonyl (C=O) groups excluding carboxylic acids is 1. The molecule has 1 aromatic rings. The lowest BCUT2D eigenvalue weighted by Gasteiger charge is -2.19. The molecule has 0 atom stereocenters. The number of aryl methyl sites for hydroxylation is 1. The zero-order valence-electron chi connectivity index (χ0n) is 9.98. The number of carbonyl (C=O) groups is 1. The number of hydrogen-bond acceptors (Lipinski definition) is 3. The molecule has 0 radical (unpaired) electrons. The van der Waals surface area contributed by atoms with Crippen molar-refractivity contribution in [2.45, 2.75) is 24.3 Å². The SMILES string of the molecule is CN(Cc1ccc2c(c1)CCCS2)C(=O)CS. The van der Waals surface area contributed by atoms with Gasteiger partial charge in [0.1, 0.15) is 0 Å². The molecule has 1 aromatic carbocycles. The molecule has 0 bridgehead atoms. The molecular formula is C13H17NOS2. The summed E-state index contributed by atoms with van der Waals surface area (Å²) >= 11 is 5.94. The van der Waals surface area contributed by atoms with E-state index in [4.69, 9.17) is 0 Å². The summed E-state index contributed by atoms with van der Waals surface area (Å²) in [6.07, 6.45) is 2.42. The summed E-state index contributed by atoms with van der Waals surface area (Å²) in [7, 11) is 1.83. The Hall–Kier alpha value is -0.610. The van der Waals surface area contributed by atoms with Crippen molar-refractivity contribution in [3.05, 3.63) is 29.3 Å². The van der Waals surface area contributed by atoms with E-state index >= 15 is 0 Å². The molecule has 4 heteroatoms. The van der Waals surface area contributed by atoms with Crippen LogP contribution in [0.3, 0.4) is 0 Å². The van der Waals surface area contributed by atoms with Gasteiger partial charge in [-0.3, -0.25) is 4.79 Å². The first-order chi connectivity index (χ1) is 8.20. The third-order valence-corrected chi connectivity index (χ3v) is 4.43. The van der Waals surface area contributed by atoms with Crippen molar-refractivity contribution in [3.63, 3.8) is 0 Å². The number of nitrogens with zero attached hydrogens (tertiary/aromatic N) is 1. The average Bonchev–Trinajstić information content (AvgIpc) is 2.37. The number of amides is 1. The monoisotopic (exact) mass is 267 g/mol. The second kappa shape index (κ2) is 5.83. The van der Waals surface area contributed by atoms with Gasteiger partial charge in [0.25, 0.3) is 0 Å². The summed E-state index contributed by atoms with van der Waals surface area (Å²) in [6, 6.07) is 6.55. The fourth-order valence-electron chi connectivity index (χ4n) is 1.99. The molecule has 2 rings (SSSR count). The second-order valence-corrected chi connectivity index (χ2v) is 5.75. The van der Waals surface area contributed by atoms with Crippen molar-refractivity contribution < 1.29 is 4.79 Å². The van der Waals surface area contributed by atoms with Gasteiger partial charge in [-0.2, -0.15) is 12.6 Å². The second-order valence-electron chi connectivity index (χ2n) is 4.30. The van der Waals surface area contributed by atoms with Gasteiger partial charge in [-0.1, -0.05) is 12.1 Å². The zero-order valence-corrected chi connectivity index (χ0v) is 11.7. The molecule has 0 saturated heterocycles. The Kier molecular flexibility index (Phi) is 4.40. The quantitative estimate of drug-likeness (QED) is 0.850. The summed E-state index contributed by atoms with van der Waals surface area (Å²) in [4.78, 5) is 14.6. The molecule has 0 unspecified atom stereocenters. The molecule has 0 saturated carbocycles. The molecular weight excluding hydrogens is 250 g/mol. The number of fused-ring (bicyclic) bond motifs is 1. The minimum Gasteiger partial charge on any atom is -0.341 e. The fraction of sp³-hybridized carbons (Fsp3) is 0.462. The van der Waals surface area contributed by atoms with Crippen molar-refractivity contribution in [1.82, 2.24) is 4.90 Å². The predicted octanol–water partition coefficient (Wildman–Crippen LogP) is 2.61. The molecule has 1 heterocycles. The summed E-state index contributed by atoms with van der Waals surface area (Å²) in [6.45, 7) is 0.678. The van der Waals surface area contributed by atoms with Gasteiger partial charge in [-0.15, -0.1) is 11.8 Å². The summed E-state index contributed by atoms with van der Waals surface area (Å²) in [5.41, 5.74) is 2.65. The van der Waals surface area contributed by atoms with Gasteiger partial charge in [-0.25, -0.2) is 0 Å². The largest absolute Gasteiger partial charge is 0.341 e. The Morgan fingerprint density at radius 2 is 2.35 bits per heavy atom. The number of thioether (sulfide) groups is 1. The zero-order chi connectivity index (χ0) is 12.3. The summed E-state index contributed by atoms with van der Waals surface area (Å²) < 4.78 is 0.